The van der Waals surface area contributed by atoms with E-state index in [0.29, 0.717) is 40.1 Å². The van der Waals surface area contributed by atoms with Gasteiger partial charge < -0.3 is 15.8 Å². The highest BCUT2D eigenvalue weighted by Crippen LogP contribution is 2.52. The van der Waals surface area contributed by atoms with Crippen LogP contribution in [0.25, 0.3) is 22.4 Å². The number of ether oxygens (including phenoxy) is 1. The van der Waals surface area contributed by atoms with Crippen molar-refractivity contribution in [2.75, 3.05) is 12.4 Å². The first-order chi connectivity index (χ1) is 15.9. The first kappa shape index (κ1) is 20.9. The van der Waals surface area contributed by atoms with Gasteiger partial charge in [-0.2, -0.15) is 5.10 Å². The molecule has 1 unspecified atom stereocenters. The van der Waals surface area contributed by atoms with Crippen molar-refractivity contribution in [2.45, 2.75) is 26.8 Å². The van der Waals surface area contributed by atoms with Gasteiger partial charge in [0, 0.05) is 24.3 Å². The highest BCUT2D eigenvalue weighted by atomic mass is 16.5. The van der Waals surface area contributed by atoms with Crippen LogP contribution in [0.5, 0.6) is 5.75 Å². The zero-order chi connectivity index (χ0) is 23.2. The topological polar surface area (TPSA) is 121 Å². The average Bonchev–Trinajstić information content (AvgIpc) is 3.24. The Balaban J connectivity index is 1.56. The van der Waals surface area contributed by atoms with Crippen LogP contribution in [0.15, 0.2) is 48.9 Å². The van der Waals surface area contributed by atoms with Gasteiger partial charge >= 0.3 is 0 Å². The number of para-hydroxylation sites is 1. The van der Waals surface area contributed by atoms with Crippen LogP contribution in [-0.2, 0) is 6.54 Å². The van der Waals surface area contributed by atoms with Crippen LogP contribution >= 0.6 is 0 Å². The van der Waals surface area contributed by atoms with Gasteiger partial charge in [0.2, 0.25) is 0 Å². The van der Waals surface area contributed by atoms with Crippen LogP contribution in [0.3, 0.4) is 0 Å². The van der Waals surface area contributed by atoms with E-state index in [4.69, 9.17) is 20.6 Å². The second-order valence-corrected chi connectivity index (χ2v) is 8.96. The van der Waals surface area contributed by atoms with Crippen LogP contribution in [0.4, 0.5) is 11.5 Å². The minimum atomic E-state index is -0.591. The first-order valence-electron chi connectivity index (χ1n) is 10.7. The number of anilines is 2. The Hall–Kier alpha value is -4.01. The molecule has 168 valence electrons. The van der Waals surface area contributed by atoms with Crippen LogP contribution in [-0.4, -0.2) is 37.7 Å². The number of rotatable bonds is 7. The Morgan fingerprint density at radius 2 is 2.06 bits per heavy atom. The van der Waals surface area contributed by atoms with E-state index in [-0.39, 0.29) is 5.56 Å². The minimum absolute atomic E-state index is 0.251. The van der Waals surface area contributed by atoms with Crippen LogP contribution in [0.2, 0.25) is 0 Å². The van der Waals surface area contributed by atoms with Crippen molar-refractivity contribution in [3.8, 4) is 17.3 Å². The quantitative estimate of drug-likeness (QED) is 0.446. The van der Waals surface area contributed by atoms with Crippen molar-refractivity contribution in [1.82, 2.24) is 24.7 Å². The molecular weight excluding hydrogens is 418 g/mol. The molecule has 1 aromatic carbocycles. The molecule has 0 radical (unpaired) electrons. The zero-order valence-corrected chi connectivity index (χ0v) is 18.7. The second kappa shape index (κ2) is 7.84. The summed E-state index contributed by atoms with van der Waals surface area (Å²) in [5.74, 6) is 1.29. The first-order valence-corrected chi connectivity index (χ1v) is 10.7. The largest absolute Gasteiger partial charge is 0.491 e. The molecule has 9 nitrogen and oxygen atoms in total. The van der Waals surface area contributed by atoms with Gasteiger partial charge in [-0.05, 0) is 29.9 Å². The summed E-state index contributed by atoms with van der Waals surface area (Å²) < 4.78 is 7.49. The predicted molar refractivity (Wildman–Crippen MR) is 125 cm³/mol. The monoisotopic (exact) mass is 443 g/mol. The molecule has 0 saturated heterocycles. The van der Waals surface area contributed by atoms with E-state index in [1.54, 1.807) is 18.5 Å². The Morgan fingerprint density at radius 3 is 2.79 bits per heavy atom. The SMILES string of the molecule is COc1cnc(-c2nn(CC3CC3(C)C)c3ccccc23)nc1Nc1ccncc1C(N)=O. The Morgan fingerprint density at radius 1 is 1.27 bits per heavy atom. The number of carbonyl (C=O) groups is 1. The predicted octanol–water partition coefficient (Wildman–Crippen LogP) is 3.79. The molecule has 1 amide bonds. The fourth-order valence-electron chi connectivity index (χ4n) is 4.08. The Labute approximate surface area is 191 Å². The van der Waals surface area contributed by atoms with E-state index in [0.717, 1.165) is 17.4 Å². The van der Waals surface area contributed by atoms with Gasteiger partial charge in [-0.15, -0.1) is 0 Å². The van der Waals surface area contributed by atoms with Crippen molar-refractivity contribution >= 4 is 28.3 Å². The molecule has 0 spiro atoms. The number of benzene rings is 1. The lowest BCUT2D eigenvalue weighted by molar-refractivity contribution is 0.100. The summed E-state index contributed by atoms with van der Waals surface area (Å²) in [6.45, 7) is 5.43. The molecule has 0 aliphatic heterocycles. The normalized spacial score (nSPS) is 16.5. The number of carbonyl (C=O) groups excluding carboxylic acids is 1. The van der Waals surface area contributed by atoms with Crippen LogP contribution < -0.4 is 15.8 Å². The smallest absolute Gasteiger partial charge is 0.252 e. The molecule has 3 aromatic heterocycles. The van der Waals surface area contributed by atoms with Crippen molar-refractivity contribution in [3.05, 3.63) is 54.5 Å². The molecule has 1 aliphatic rings. The maximum absolute atomic E-state index is 11.8. The fourth-order valence-corrected chi connectivity index (χ4v) is 4.08. The molecular formula is C24H25N7O2. The highest BCUT2D eigenvalue weighted by Gasteiger charge is 2.45. The second-order valence-electron chi connectivity index (χ2n) is 8.96. The molecule has 9 heteroatoms. The molecule has 1 aliphatic carbocycles. The summed E-state index contributed by atoms with van der Waals surface area (Å²) >= 11 is 0. The van der Waals surface area contributed by atoms with E-state index in [9.17, 15) is 4.79 Å². The van der Waals surface area contributed by atoms with E-state index < -0.39 is 5.91 Å². The summed E-state index contributed by atoms with van der Waals surface area (Å²) in [6.07, 6.45) is 5.76. The highest BCUT2D eigenvalue weighted by molar-refractivity contribution is 5.99. The number of nitrogens with zero attached hydrogens (tertiary/aromatic N) is 5. The fraction of sp³-hybridized carbons (Fsp3) is 0.292. The van der Waals surface area contributed by atoms with E-state index >= 15 is 0 Å². The number of primary amides is 1. The van der Waals surface area contributed by atoms with Gasteiger partial charge in [-0.1, -0.05) is 32.0 Å². The molecule has 1 fully saturated rings. The number of fused-ring (bicyclic) bond motifs is 1. The van der Waals surface area contributed by atoms with Crippen molar-refractivity contribution in [3.63, 3.8) is 0 Å². The summed E-state index contributed by atoms with van der Waals surface area (Å²) in [4.78, 5) is 25.0. The standard InChI is InChI=1S/C24H25N7O2/c1-24(2)10-14(24)13-31-18-7-5-4-6-15(18)20(30-31)23-27-12-19(33-3)22(29-23)28-17-8-9-26-11-16(17)21(25)32/h4-9,11-12,14H,10,13H2,1-3H3,(H2,25,32)(H,26,27,28,29). The summed E-state index contributed by atoms with van der Waals surface area (Å²) in [5.41, 5.74) is 8.32. The lowest BCUT2D eigenvalue weighted by Crippen LogP contribution is -2.14. The number of nitrogens with two attached hydrogens (primary N) is 1. The zero-order valence-electron chi connectivity index (χ0n) is 18.7. The van der Waals surface area contributed by atoms with E-state index in [1.807, 2.05) is 18.2 Å². The molecule has 1 atom stereocenters. The number of hydrogen-bond acceptors (Lipinski definition) is 7. The number of methoxy groups -OCH3 is 1. The molecule has 33 heavy (non-hydrogen) atoms. The Kier molecular flexibility index (Phi) is 4.96. The third-order valence-electron chi connectivity index (χ3n) is 6.30. The average molecular weight is 444 g/mol. The molecule has 3 heterocycles. The van der Waals surface area contributed by atoms with Crippen molar-refractivity contribution in [1.29, 1.82) is 0 Å². The van der Waals surface area contributed by atoms with Gasteiger partial charge in [-0.3, -0.25) is 14.5 Å². The molecule has 3 N–H and O–H groups in total. The van der Waals surface area contributed by atoms with Gasteiger partial charge in [0.15, 0.2) is 17.4 Å². The summed E-state index contributed by atoms with van der Waals surface area (Å²) in [7, 11) is 1.53. The Bertz CT molecular complexity index is 1360. The lowest BCUT2D eigenvalue weighted by atomic mass is 10.1. The molecule has 0 bridgehead atoms. The summed E-state index contributed by atoms with van der Waals surface area (Å²) in [5, 5.41) is 9.01. The van der Waals surface area contributed by atoms with Crippen LogP contribution in [0, 0.1) is 11.3 Å². The molecule has 1 saturated carbocycles. The maximum Gasteiger partial charge on any atom is 0.252 e. The number of aromatic nitrogens is 5. The van der Waals surface area contributed by atoms with Gasteiger partial charge in [0.1, 0.15) is 5.69 Å². The van der Waals surface area contributed by atoms with Gasteiger partial charge in [-0.25, -0.2) is 9.97 Å². The number of nitrogens with one attached hydrogen (secondary N) is 1. The van der Waals surface area contributed by atoms with Crippen molar-refractivity contribution < 1.29 is 9.53 Å². The molecule has 4 aromatic rings. The third kappa shape index (κ3) is 3.86. The maximum atomic E-state index is 11.8. The van der Waals surface area contributed by atoms with E-state index in [2.05, 4.69) is 39.9 Å². The van der Waals surface area contributed by atoms with Crippen LogP contribution in [0.1, 0.15) is 30.6 Å². The lowest BCUT2D eigenvalue weighted by Gasteiger charge is -2.12. The third-order valence-corrected chi connectivity index (χ3v) is 6.30. The molecule has 5 rings (SSSR count). The number of amides is 1. The number of hydrogen-bond donors (Lipinski definition) is 2. The van der Waals surface area contributed by atoms with E-state index in [1.165, 1.54) is 19.7 Å². The summed E-state index contributed by atoms with van der Waals surface area (Å²) in [6, 6.07) is 9.75. The van der Waals surface area contributed by atoms with Gasteiger partial charge in [0.25, 0.3) is 5.91 Å². The van der Waals surface area contributed by atoms with Gasteiger partial charge in [0.05, 0.1) is 30.1 Å². The van der Waals surface area contributed by atoms with Crippen molar-refractivity contribution in [2.24, 2.45) is 17.1 Å². The minimum Gasteiger partial charge on any atom is -0.491 e. The number of pyridine rings is 1.